The van der Waals surface area contributed by atoms with Crippen LogP contribution in [0.3, 0.4) is 0 Å². The summed E-state index contributed by atoms with van der Waals surface area (Å²) in [4.78, 5) is 0. The average Bonchev–Trinajstić information content (AvgIpc) is 1.35. The Kier molecular flexibility index (Phi) is 3.08. The lowest BCUT2D eigenvalue weighted by atomic mass is 10.6. The number of nitrogens with one attached hydrogen (secondary N) is 1. The number of hydrogen-bond donors (Lipinski definition) is 1. The Morgan fingerprint density at radius 3 is 2.50 bits per heavy atom. The molecule has 0 radical (unpaired) electrons. The first kappa shape index (κ1) is 5.92. The number of likely N-dealkylation sites (N-methyl/N-ethyl adjacent to an activating group) is 1. The van der Waals surface area contributed by atoms with Crippen molar-refractivity contribution in [2.45, 2.75) is 0 Å². The molecule has 0 aromatic heterocycles. The van der Waals surface area contributed by atoms with E-state index in [2.05, 4.69) is 11.9 Å². The SMILES string of the molecule is C=C([SiH3])CNC. The third-order valence-corrected chi connectivity index (χ3v) is 0.832. The zero-order chi connectivity index (χ0) is 4.99. The van der Waals surface area contributed by atoms with Gasteiger partial charge >= 0.3 is 0 Å². The lowest BCUT2D eigenvalue weighted by Crippen LogP contribution is -2.08. The molecule has 6 heavy (non-hydrogen) atoms. The second-order valence-corrected chi connectivity index (χ2v) is 2.90. The predicted molar refractivity (Wildman–Crippen MR) is 33.0 cm³/mol. The van der Waals surface area contributed by atoms with Crippen LogP contribution in [0.2, 0.25) is 0 Å². The van der Waals surface area contributed by atoms with Gasteiger partial charge in [0, 0.05) is 16.8 Å². The van der Waals surface area contributed by atoms with Crippen LogP contribution in [-0.4, -0.2) is 23.8 Å². The maximum atomic E-state index is 3.74. The van der Waals surface area contributed by atoms with Crippen molar-refractivity contribution in [3.8, 4) is 0 Å². The van der Waals surface area contributed by atoms with Crippen molar-refractivity contribution in [3.05, 3.63) is 11.8 Å². The third-order valence-electron chi connectivity index (χ3n) is 0.479. The number of rotatable bonds is 2. The fourth-order valence-electron chi connectivity index (χ4n) is 0.302. The zero-order valence-corrected chi connectivity index (χ0v) is 6.41. The van der Waals surface area contributed by atoms with E-state index < -0.39 is 0 Å². The Morgan fingerprint density at radius 2 is 2.50 bits per heavy atom. The Morgan fingerprint density at radius 1 is 2.00 bits per heavy atom. The van der Waals surface area contributed by atoms with Gasteiger partial charge in [-0.15, -0.1) is 6.58 Å². The van der Waals surface area contributed by atoms with Crippen molar-refractivity contribution in [1.82, 2.24) is 5.32 Å². The van der Waals surface area contributed by atoms with Crippen LogP contribution in [0.5, 0.6) is 0 Å². The quantitative estimate of drug-likeness (QED) is 0.444. The van der Waals surface area contributed by atoms with E-state index >= 15 is 0 Å². The van der Waals surface area contributed by atoms with Crippen LogP contribution in [-0.2, 0) is 0 Å². The van der Waals surface area contributed by atoms with Gasteiger partial charge in [0.2, 0.25) is 0 Å². The Hall–Kier alpha value is -0.0831. The van der Waals surface area contributed by atoms with Gasteiger partial charge in [0.05, 0.1) is 0 Å². The minimum Gasteiger partial charge on any atom is -0.316 e. The summed E-state index contributed by atoms with van der Waals surface area (Å²) in [6.07, 6.45) is 0. The molecule has 0 atom stereocenters. The van der Waals surface area contributed by atoms with Crippen LogP contribution in [0.15, 0.2) is 11.8 Å². The smallest absolute Gasteiger partial charge is 0.0341 e. The van der Waals surface area contributed by atoms with Crippen molar-refractivity contribution in [2.75, 3.05) is 13.6 Å². The van der Waals surface area contributed by atoms with Crippen LogP contribution >= 0.6 is 0 Å². The van der Waals surface area contributed by atoms with Gasteiger partial charge < -0.3 is 5.32 Å². The topological polar surface area (TPSA) is 12.0 Å². The summed E-state index contributed by atoms with van der Waals surface area (Å²) in [5.74, 6) is 0. The molecule has 0 saturated heterocycles. The van der Waals surface area contributed by atoms with Crippen LogP contribution < -0.4 is 5.32 Å². The average molecular weight is 101 g/mol. The first-order valence-corrected chi connectivity index (χ1v) is 3.06. The molecule has 0 aromatic carbocycles. The van der Waals surface area contributed by atoms with Crippen LogP contribution in [0.1, 0.15) is 0 Å². The monoisotopic (exact) mass is 101 g/mol. The Balaban J connectivity index is 2.83. The molecule has 0 bridgehead atoms. The molecule has 0 amide bonds. The first-order valence-electron chi connectivity index (χ1n) is 2.06. The molecule has 0 fully saturated rings. The fraction of sp³-hybridized carbons (Fsp3) is 0.500. The van der Waals surface area contributed by atoms with Gasteiger partial charge in [-0.2, -0.15) is 0 Å². The molecule has 0 rings (SSSR count). The van der Waals surface area contributed by atoms with Crippen molar-refractivity contribution in [3.63, 3.8) is 0 Å². The summed E-state index contributed by atoms with van der Waals surface area (Å²) in [5, 5.41) is 4.32. The second kappa shape index (κ2) is 3.12. The standard InChI is InChI=1S/C4H11NSi/c1-4(6)3-5-2/h5H,1,3H2,2,6H3. The van der Waals surface area contributed by atoms with E-state index in [0.717, 1.165) is 16.8 Å². The minimum absolute atomic E-state index is 0.992. The van der Waals surface area contributed by atoms with Gasteiger partial charge in [-0.3, -0.25) is 0 Å². The predicted octanol–water partition coefficient (Wildman–Crippen LogP) is -0.915. The van der Waals surface area contributed by atoms with E-state index in [-0.39, 0.29) is 0 Å². The molecule has 0 aliphatic heterocycles. The van der Waals surface area contributed by atoms with E-state index in [9.17, 15) is 0 Å². The molecule has 0 aromatic rings. The molecule has 2 heteroatoms. The lowest BCUT2D eigenvalue weighted by Gasteiger charge is -1.90. The fourth-order valence-corrected chi connectivity index (χ4v) is 0.655. The highest BCUT2D eigenvalue weighted by Gasteiger charge is 1.74. The highest BCUT2D eigenvalue weighted by atomic mass is 28.1. The summed E-state index contributed by atoms with van der Waals surface area (Å²) in [6.45, 7) is 4.74. The second-order valence-electron chi connectivity index (χ2n) is 1.49. The zero-order valence-electron chi connectivity index (χ0n) is 4.41. The van der Waals surface area contributed by atoms with Crippen molar-refractivity contribution < 1.29 is 0 Å². The van der Waals surface area contributed by atoms with E-state index in [0.29, 0.717) is 0 Å². The van der Waals surface area contributed by atoms with E-state index in [1.54, 1.807) is 0 Å². The molecule has 0 saturated carbocycles. The van der Waals surface area contributed by atoms with E-state index in [1.165, 1.54) is 5.20 Å². The Bertz CT molecular complexity index is 51.5. The largest absolute Gasteiger partial charge is 0.316 e. The van der Waals surface area contributed by atoms with E-state index in [1.807, 2.05) is 7.05 Å². The molecule has 36 valence electrons. The van der Waals surface area contributed by atoms with Crippen molar-refractivity contribution >= 4 is 10.2 Å². The molecular weight excluding hydrogens is 90.1 g/mol. The highest BCUT2D eigenvalue weighted by molar-refractivity contribution is 6.21. The van der Waals surface area contributed by atoms with Crippen molar-refractivity contribution in [1.29, 1.82) is 0 Å². The lowest BCUT2D eigenvalue weighted by molar-refractivity contribution is 0.911. The molecule has 1 nitrogen and oxygen atoms in total. The molecule has 0 aliphatic rings. The van der Waals surface area contributed by atoms with Gasteiger partial charge in [-0.25, -0.2) is 0 Å². The highest BCUT2D eigenvalue weighted by Crippen LogP contribution is 1.70. The van der Waals surface area contributed by atoms with Gasteiger partial charge in [0.15, 0.2) is 0 Å². The molecular formula is C4H11NSi. The maximum absolute atomic E-state index is 3.74. The normalized spacial score (nSPS) is 8.83. The maximum Gasteiger partial charge on any atom is 0.0341 e. The van der Waals surface area contributed by atoms with E-state index in [4.69, 9.17) is 0 Å². The van der Waals surface area contributed by atoms with Crippen LogP contribution in [0, 0.1) is 0 Å². The van der Waals surface area contributed by atoms with Crippen molar-refractivity contribution in [2.24, 2.45) is 0 Å². The first-order chi connectivity index (χ1) is 2.77. The summed E-state index contributed by atoms with van der Waals surface area (Å²) in [5.41, 5.74) is 0. The van der Waals surface area contributed by atoms with Gasteiger partial charge in [-0.1, -0.05) is 5.20 Å². The summed E-state index contributed by atoms with van der Waals surface area (Å²) >= 11 is 0. The number of hydrogen-bond acceptors (Lipinski definition) is 1. The minimum atomic E-state index is 0.992. The Labute approximate surface area is 41.9 Å². The summed E-state index contributed by atoms with van der Waals surface area (Å²) < 4.78 is 0. The molecule has 0 spiro atoms. The van der Waals surface area contributed by atoms with Crippen LogP contribution in [0.25, 0.3) is 0 Å². The van der Waals surface area contributed by atoms with Gasteiger partial charge in [0.1, 0.15) is 0 Å². The third kappa shape index (κ3) is 3.92. The molecule has 0 aliphatic carbocycles. The summed E-state index contributed by atoms with van der Waals surface area (Å²) in [7, 11) is 3.06. The summed E-state index contributed by atoms with van der Waals surface area (Å²) in [6, 6.07) is 0. The molecule has 0 unspecified atom stereocenters. The van der Waals surface area contributed by atoms with Crippen LogP contribution in [0.4, 0.5) is 0 Å². The van der Waals surface area contributed by atoms with Gasteiger partial charge in [-0.05, 0) is 7.05 Å². The molecule has 0 heterocycles. The molecule has 1 N–H and O–H groups in total. The van der Waals surface area contributed by atoms with Gasteiger partial charge in [0.25, 0.3) is 0 Å².